The minimum atomic E-state index is -0.00691. The maximum atomic E-state index is 12.3. The normalized spacial score (nSPS) is 16.8. The molecule has 2 amide bonds. The van der Waals surface area contributed by atoms with E-state index >= 15 is 0 Å². The lowest BCUT2D eigenvalue weighted by molar-refractivity contribution is 0.113. The van der Waals surface area contributed by atoms with E-state index in [9.17, 15) is 4.79 Å². The van der Waals surface area contributed by atoms with Crippen LogP contribution < -0.4 is 5.32 Å². The Morgan fingerprint density at radius 1 is 1.29 bits per heavy atom. The Kier molecular flexibility index (Phi) is 5.10. The van der Waals surface area contributed by atoms with Gasteiger partial charge in [-0.2, -0.15) is 5.10 Å². The van der Waals surface area contributed by atoms with E-state index < -0.39 is 0 Å². The highest BCUT2D eigenvalue weighted by Crippen LogP contribution is 2.20. The van der Waals surface area contributed by atoms with E-state index in [0.29, 0.717) is 12.6 Å². The molecule has 7 nitrogen and oxygen atoms in total. The summed E-state index contributed by atoms with van der Waals surface area (Å²) < 4.78 is 1.74. The average molecular weight is 328 g/mol. The summed E-state index contributed by atoms with van der Waals surface area (Å²) in [6.07, 6.45) is 7.39. The van der Waals surface area contributed by atoms with Crippen molar-refractivity contribution in [2.75, 3.05) is 26.2 Å². The Hall–Kier alpha value is -2.41. The van der Waals surface area contributed by atoms with Crippen LogP contribution in [0.15, 0.2) is 36.9 Å². The SMILES string of the molecule is C[C@@H](c1cccnc1)N1CCN(C(=O)NCc2cnn(C)c2)CC1. The number of rotatable bonds is 4. The minimum absolute atomic E-state index is 0.00691. The quantitative estimate of drug-likeness (QED) is 0.921. The van der Waals surface area contributed by atoms with Crippen LogP contribution in [-0.2, 0) is 13.6 Å². The molecule has 0 saturated carbocycles. The summed E-state index contributed by atoms with van der Waals surface area (Å²) in [5.74, 6) is 0. The molecule has 3 rings (SSSR count). The van der Waals surface area contributed by atoms with Gasteiger partial charge in [-0.1, -0.05) is 6.07 Å². The van der Waals surface area contributed by atoms with Crippen LogP contribution in [-0.4, -0.2) is 56.8 Å². The Labute approximate surface area is 142 Å². The van der Waals surface area contributed by atoms with E-state index in [2.05, 4.69) is 33.3 Å². The first-order valence-electron chi connectivity index (χ1n) is 8.28. The summed E-state index contributed by atoms with van der Waals surface area (Å²) in [7, 11) is 1.87. The van der Waals surface area contributed by atoms with Crippen molar-refractivity contribution in [1.29, 1.82) is 0 Å². The maximum Gasteiger partial charge on any atom is 0.317 e. The minimum Gasteiger partial charge on any atom is -0.334 e. The molecule has 128 valence electrons. The first-order valence-corrected chi connectivity index (χ1v) is 8.28. The van der Waals surface area contributed by atoms with Crippen molar-refractivity contribution in [2.45, 2.75) is 19.5 Å². The van der Waals surface area contributed by atoms with E-state index in [0.717, 1.165) is 31.7 Å². The molecule has 2 aromatic rings. The third kappa shape index (κ3) is 3.91. The average Bonchev–Trinajstić information content (AvgIpc) is 3.05. The highest BCUT2D eigenvalue weighted by Gasteiger charge is 2.24. The number of hydrogen-bond acceptors (Lipinski definition) is 4. The van der Waals surface area contributed by atoms with Crippen LogP contribution in [0.4, 0.5) is 4.79 Å². The third-order valence-electron chi connectivity index (χ3n) is 4.52. The van der Waals surface area contributed by atoms with Crippen LogP contribution in [0, 0.1) is 0 Å². The molecule has 2 aromatic heterocycles. The van der Waals surface area contributed by atoms with Crippen molar-refractivity contribution in [1.82, 2.24) is 29.9 Å². The Morgan fingerprint density at radius 3 is 2.71 bits per heavy atom. The number of urea groups is 1. The lowest BCUT2D eigenvalue weighted by Crippen LogP contribution is -2.52. The largest absolute Gasteiger partial charge is 0.334 e. The van der Waals surface area contributed by atoms with Gasteiger partial charge >= 0.3 is 6.03 Å². The van der Waals surface area contributed by atoms with E-state index in [1.807, 2.05) is 30.4 Å². The molecule has 3 heterocycles. The highest BCUT2D eigenvalue weighted by molar-refractivity contribution is 5.74. The number of piperazine rings is 1. The van der Waals surface area contributed by atoms with Gasteiger partial charge in [0.1, 0.15) is 0 Å². The number of pyridine rings is 1. The lowest BCUT2D eigenvalue weighted by Gasteiger charge is -2.38. The molecule has 1 fully saturated rings. The van der Waals surface area contributed by atoms with E-state index in [1.165, 1.54) is 5.56 Å². The van der Waals surface area contributed by atoms with Crippen LogP contribution in [0.5, 0.6) is 0 Å². The summed E-state index contributed by atoms with van der Waals surface area (Å²) >= 11 is 0. The van der Waals surface area contributed by atoms with Gasteiger partial charge in [-0.05, 0) is 18.6 Å². The molecule has 24 heavy (non-hydrogen) atoms. The van der Waals surface area contributed by atoms with Gasteiger partial charge in [-0.25, -0.2) is 4.79 Å². The van der Waals surface area contributed by atoms with Gasteiger partial charge in [-0.15, -0.1) is 0 Å². The Morgan fingerprint density at radius 2 is 2.08 bits per heavy atom. The fourth-order valence-electron chi connectivity index (χ4n) is 3.00. The molecule has 0 aliphatic carbocycles. The van der Waals surface area contributed by atoms with Crippen LogP contribution in [0.3, 0.4) is 0 Å². The van der Waals surface area contributed by atoms with Crippen molar-refractivity contribution in [3.8, 4) is 0 Å². The van der Waals surface area contributed by atoms with E-state index in [-0.39, 0.29) is 6.03 Å². The molecular weight excluding hydrogens is 304 g/mol. The molecule has 1 saturated heterocycles. The molecule has 1 atom stereocenters. The zero-order valence-corrected chi connectivity index (χ0v) is 14.2. The third-order valence-corrected chi connectivity index (χ3v) is 4.52. The van der Waals surface area contributed by atoms with Gasteiger partial charge < -0.3 is 10.2 Å². The number of nitrogens with one attached hydrogen (secondary N) is 1. The first-order chi connectivity index (χ1) is 11.6. The predicted molar refractivity (Wildman–Crippen MR) is 91.2 cm³/mol. The van der Waals surface area contributed by atoms with E-state index in [1.54, 1.807) is 17.1 Å². The fourth-order valence-corrected chi connectivity index (χ4v) is 3.00. The summed E-state index contributed by atoms with van der Waals surface area (Å²) in [6, 6.07) is 4.38. The van der Waals surface area contributed by atoms with Crippen molar-refractivity contribution in [3.63, 3.8) is 0 Å². The Balaban J connectivity index is 1.47. The van der Waals surface area contributed by atoms with E-state index in [4.69, 9.17) is 0 Å². The summed E-state index contributed by atoms with van der Waals surface area (Å²) in [5, 5.41) is 7.07. The highest BCUT2D eigenvalue weighted by atomic mass is 16.2. The summed E-state index contributed by atoms with van der Waals surface area (Å²) in [6.45, 7) is 5.92. The number of carbonyl (C=O) groups excluding carboxylic acids is 1. The number of hydrogen-bond donors (Lipinski definition) is 1. The summed E-state index contributed by atoms with van der Waals surface area (Å²) in [4.78, 5) is 20.7. The van der Waals surface area contributed by atoms with Gasteiger partial charge in [0.05, 0.1) is 6.20 Å². The van der Waals surface area contributed by atoms with Gasteiger partial charge in [0.25, 0.3) is 0 Å². The first kappa shape index (κ1) is 16.4. The topological polar surface area (TPSA) is 66.3 Å². The second kappa shape index (κ2) is 7.44. The van der Waals surface area contributed by atoms with Crippen LogP contribution in [0.25, 0.3) is 0 Å². The van der Waals surface area contributed by atoms with Crippen molar-refractivity contribution in [2.24, 2.45) is 7.05 Å². The number of nitrogens with zero attached hydrogens (tertiary/aromatic N) is 5. The van der Waals surface area contributed by atoms with Gasteiger partial charge in [-0.3, -0.25) is 14.6 Å². The van der Waals surface area contributed by atoms with Gasteiger partial charge in [0.15, 0.2) is 0 Å². The second-order valence-corrected chi connectivity index (χ2v) is 6.17. The van der Waals surface area contributed by atoms with Gasteiger partial charge in [0.2, 0.25) is 0 Å². The van der Waals surface area contributed by atoms with Crippen LogP contribution in [0.2, 0.25) is 0 Å². The second-order valence-electron chi connectivity index (χ2n) is 6.17. The Bertz CT molecular complexity index is 663. The molecule has 0 radical (unpaired) electrons. The van der Waals surface area contributed by atoms with Crippen molar-refractivity contribution in [3.05, 3.63) is 48.0 Å². The standard InChI is InChI=1S/C17H24N6O/c1-14(16-4-3-5-18-12-16)22-6-8-23(9-7-22)17(24)19-10-15-11-20-21(2)13-15/h3-5,11-14H,6-10H2,1-2H3,(H,19,24)/t14-/m0/s1. The molecular formula is C17H24N6O. The molecule has 1 N–H and O–H groups in total. The van der Waals surface area contributed by atoms with Crippen molar-refractivity contribution >= 4 is 6.03 Å². The smallest absolute Gasteiger partial charge is 0.317 e. The van der Waals surface area contributed by atoms with Crippen LogP contribution in [0.1, 0.15) is 24.1 Å². The zero-order chi connectivity index (χ0) is 16.9. The molecule has 1 aliphatic heterocycles. The monoisotopic (exact) mass is 328 g/mol. The molecule has 1 aliphatic rings. The van der Waals surface area contributed by atoms with Gasteiger partial charge in [0, 0.05) is 70.0 Å². The number of carbonyl (C=O) groups is 1. The predicted octanol–water partition coefficient (Wildman–Crippen LogP) is 1.40. The molecule has 0 unspecified atom stereocenters. The molecule has 7 heteroatoms. The molecule has 0 aromatic carbocycles. The van der Waals surface area contributed by atoms with Crippen LogP contribution >= 0.6 is 0 Å². The number of amides is 2. The number of aryl methyl sites for hydroxylation is 1. The molecule has 0 bridgehead atoms. The van der Waals surface area contributed by atoms with Crippen molar-refractivity contribution < 1.29 is 4.79 Å². The number of aromatic nitrogens is 3. The summed E-state index contributed by atoms with van der Waals surface area (Å²) in [5.41, 5.74) is 2.22. The fraction of sp³-hybridized carbons (Fsp3) is 0.471. The molecule has 0 spiro atoms. The zero-order valence-electron chi connectivity index (χ0n) is 14.2. The maximum absolute atomic E-state index is 12.3. The lowest BCUT2D eigenvalue weighted by atomic mass is 10.1.